The maximum absolute atomic E-state index is 12.1. The molecule has 1 N–H and O–H groups in total. The summed E-state index contributed by atoms with van der Waals surface area (Å²) in [6.07, 6.45) is 3.85. The van der Waals surface area contributed by atoms with Crippen LogP contribution in [0, 0.1) is 5.92 Å². The number of nitrogens with zero attached hydrogens (tertiary/aromatic N) is 3. The molecule has 1 atom stereocenters. The zero-order valence-electron chi connectivity index (χ0n) is 11.8. The van der Waals surface area contributed by atoms with Crippen molar-refractivity contribution in [3.05, 3.63) is 35.6 Å². The number of halogens is 1. The number of hydrogen-bond acceptors (Lipinski definition) is 3. The molecular formula is C15H17ClN4O. The van der Waals surface area contributed by atoms with Crippen LogP contribution in [-0.4, -0.2) is 26.7 Å². The summed E-state index contributed by atoms with van der Waals surface area (Å²) in [7, 11) is 0. The second-order valence-corrected chi connectivity index (χ2v) is 5.82. The van der Waals surface area contributed by atoms with Crippen molar-refractivity contribution in [1.82, 2.24) is 20.1 Å². The monoisotopic (exact) mass is 304 g/mol. The van der Waals surface area contributed by atoms with Crippen molar-refractivity contribution in [2.24, 2.45) is 5.92 Å². The lowest BCUT2D eigenvalue weighted by Crippen LogP contribution is -2.36. The first-order valence-corrected chi connectivity index (χ1v) is 7.45. The number of carbonyl (C=O) groups is 1. The van der Waals surface area contributed by atoms with Gasteiger partial charge in [-0.05, 0) is 37.8 Å². The molecule has 2 aromatic rings. The van der Waals surface area contributed by atoms with Crippen molar-refractivity contribution >= 4 is 17.5 Å². The van der Waals surface area contributed by atoms with E-state index in [0.29, 0.717) is 16.8 Å². The minimum absolute atomic E-state index is 0.0480. The van der Waals surface area contributed by atoms with Crippen molar-refractivity contribution in [3.63, 3.8) is 0 Å². The van der Waals surface area contributed by atoms with E-state index in [9.17, 15) is 4.79 Å². The normalized spacial score (nSPS) is 15.7. The van der Waals surface area contributed by atoms with Crippen LogP contribution in [0.25, 0.3) is 11.4 Å². The van der Waals surface area contributed by atoms with E-state index < -0.39 is 0 Å². The summed E-state index contributed by atoms with van der Waals surface area (Å²) < 4.78 is 1.58. The van der Waals surface area contributed by atoms with Crippen molar-refractivity contribution < 1.29 is 4.79 Å². The first-order valence-electron chi connectivity index (χ1n) is 7.07. The molecule has 0 bridgehead atoms. The van der Waals surface area contributed by atoms with Gasteiger partial charge in [0.25, 0.3) is 0 Å². The lowest BCUT2D eigenvalue weighted by molar-refractivity contribution is -0.122. The highest BCUT2D eigenvalue weighted by atomic mass is 35.5. The molecular weight excluding hydrogens is 288 g/mol. The van der Waals surface area contributed by atoms with Crippen LogP contribution in [0.15, 0.2) is 30.6 Å². The molecule has 0 saturated heterocycles. The summed E-state index contributed by atoms with van der Waals surface area (Å²) in [4.78, 5) is 16.3. The topological polar surface area (TPSA) is 59.8 Å². The average Bonchev–Trinajstić information content (AvgIpc) is 3.21. The summed E-state index contributed by atoms with van der Waals surface area (Å²) in [5.74, 6) is 1.19. The maximum atomic E-state index is 12.1. The highest BCUT2D eigenvalue weighted by Crippen LogP contribution is 2.32. The second kappa shape index (κ2) is 5.85. The number of nitrogens with one attached hydrogen (secondary N) is 1. The fourth-order valence-corrected chi connectivity index (χ4v) is 2.60. The van der Waals surface area contributed by atoms with E-state index >= 15 is 0 Å². The maximum Gasteiger partial charge on any atom is 0.242 e. The Morgan fingerprint density at radius 1 is 1.48 bits per heavy atom. The zero-order chi connectivity index (χ0) is 14.8. The standard InChI is InChI=1S/C15H17ClN4O/c1-10(11-6-7-11)19-14(21)8-20-15(17-9-18-20)12-4-2-3-5-13(12)16/h2-5,9-11H,6-8H2,1H3,(H,19,21)/t10-/m1/s1. The summed E-state index contributed by atoms with van der Waals surface area (Å²) >= 11 is 6.18. The largest absolute Gasteiger partial charge is 0.352 e. The summed E-state index contributed by atoms with van der Waals surface area (Å²) in [5.41, 5.74) is 0.778. The molecule has 1 amide bonds. The van der Waals surface area contributed by atoms with Gasteiger partial charge in [0.2, 0.25) is 5.91 Å². The van der Waals surface area contributed by atoms with Crippen LogP contribution >= 0.6 is 11.6 Å². The molecule has 1 aliphatic carbocycles. The molecule has 0 spiro atoms. The van der Waals surface area contributed by atoms with Crippen LogP contribution in [0.5, 0.6) is 0 Å². The molecule has 0 aliphatic heterocycles. The van der Waals surface area contributed by atoms with E-state index in [0.717, 1.165) is 5.56 Å². The molecule has 6 heteroatoms. The molecule has 5 nitrogen and oxygen atoms in total. The Labute approximate surface area is 128 Å². The molecule has 1 aliphatic rings. The molecule has 1 heterocycles. The van der Waals surface area contributed by atoms with E-state index in [1.165, 1.54) is 19.2 Å². The minimum atomic E-state index is -0.0480. The van der Waals surface area contributed by atoms with Crippen molar-refractivity contribution in [1.29, 1.82) is 0 Å². The number of rotatable bonds is 5. The van der Waals surface area contributed by atoms with Crippen molar-refractivity contribution in [2.45, 2.75) is 32.4 Å². The predicted molar refractivity (Wildman–Crippen MR) is 80.8 cm³/mol. The quantitative estimate of drug-likeness (QED) is 0.923. The first-order chi connectivity index (χ1) is 10.1. The molecule has 110 valence electrons. The SMILES string of the molecule is C[C@@H](NC(=O)Cn1ncnc1-c1ccccc1Cl)C1CC1. The second-order valence-electron chi connectivity index (χ2n) is 5.41. The Hall–Kier alpha value is -1.88. The lowest BCUT2D eigenvalue weighted by Gasteiger charge is -2.13. The van der Waals surface area contributed by atoms with Gasteiger partial charge in [0.05, 0.1) is 5.02 Å². The van der Waals surface area contributed by atoms with Crippen LogP contribution in [0.1, 0.15) is 19.8 Å². The Kier molecular flexibility index (Phi) is 3.92. The van der Waals surface area contributed by atoms with E-state index in [4.69, 9.17) is 11.6 Å². The number of aromatic nitrogens is 3. The van der Waals surface area contributed by atoms with Gasteiger partial charge in [-0.2, -0.15) is 5.10 Å². The zero-order valence-corrected chi connectivity index (χ0v) is 12.5. The molecule has 21 heavy (non-hydrogen) atoms. The highest BCUT2D eigenvalue weighted by molar-refractivity contribution is 6.33. The fraction of sp³-hybridized carbons (Fsp3) is 0.400. The molecule has 1 fully saturated rings. The Balaban J connectivity index is 1.73. The van der Waals surface area contributed by atoms with E-state index in [-0.39, 0.29) is 18.5 Å². The molecule has 3 rings (SSSR count). The molecule has 0 unspecified atom stereocenters. The van der Waals surface area contributed by atoms with Gasteiger partial charge in [0.15, 0.2) is 5.82 Å². The molecule has 1 aromatic heterocycles. The van der Waals surface area contributed by atoms with Crippen LogP contribution < -0.4 is 5.32 Å². The van der Waals surface area contributed by atoms with Gasteiger partial charge in [-0.15, -0.1) is 0 Å². The number of carbonyl (C=O) groups excluding carboxylic acids is 1. The van der Waals surface area contributed by atoms with Gasteiger partial charge in [-0.25, -0.2) is 9.67 Å². The third kappa shape index (κ3) is 3.24. The van der Waals surface area contributed by atoms with Crippen LogP contribution in [0.3, 0.4) is 0 Å². The van der Waals surface area contributed by atoms with Crippen molar-refractivity contribution in [3.8, 4) is 11.4 Å². The fourth-order valence-electron chi connectivity index (χ4n) is 2.38. The summed E-state index contributed by atoms with van der Waals surface area (Å²) in [5, 5.41) is 7.74. The minimum Gasteiger partial charge on any atom is -0.352 e. The highest BCUT2D eigenvalue weighted by Gasteiger charge is 2.29. The molecule has 0 radical (unpaired) electrons. The van der Waals surface area contributed by atoms with Gasteiger partial charge in [0, 0.05) is 11.6 Å². The smallest absolute Gasteiger partial charge is 0.242 e. The Morgan fingerprint density at radius 3 is 2.95 bits per heavy atom. The van der Waals surface area contributed by atoms with Gasteiger partial charge in [-0.1, -0.05) is 23.7 Å². The van der Waals surface area contributed by atoms with Crippen LogP contribution in [-0.2, 0) is 11.3 Å². The summed E-state index contributed by atoms with van der Waals surface area (Å²) in [6, 6.07) is 7.63. The third-order valence-electron chi connectivity index (χ3n) is 3.74. The molecule has 1 aromatic carbocycles. The van der Waals surface area contributed by atoms with Crippen LogP contribution in [0.4, 0.5) is 0 Å². The van der Waals surface area contributed by atoms with Gasteiger partial charge in [0.1, 0.15) is 12.9 Å². The Bertz CT molecular complexity index is 651. The number of benzene rings is 1. The van der Waals surface area contributed by atoms with Gasteiger partial charge < -0.3 is 5.32 Å². The van der Waals surface area contributed by atoms with Gasteiger partial charge >= 0.3 is 0 Å². The van der Waals surface area contributed by atoms with Gasteiger partial charge in [-0.3, -0.25) is 4.79 Å². The predicted octanol–water partition coefficient (Wildman–Crippen LogP) is 2.51. The Morgan fingerprint density at radius 2 is 2.24 bits per heavy atom. The third-order valence-corrected chi connectivity index (χ3v) is 4.07. The molecule has 1 saturated carbocycles. The summed E-state index contributed by atoms with van der Waals surface area (Å²) in [6.45, 7) is 2.20. The van der Waals surface area contributed by atoms with Crippen LogP contribution in [0.2, 0.25) is 5.02 Å². The average molecular weight is 305 g/mol. The van der Waals surface area contributed by atoms with E-state index in [1.54, 1.807) is 10.7 Å². The van der Waals surface area contributed by atoms with E-state index in [2.05, 4.69) is 15.4 Å². The lowest BCUT2D eigenvalue weighted by atomic mass is 10.2. The van der Waals surface area contributed by atoms with Crippen molar-refractivity contribution in [2.75, 3.05) is 0 Å². The number of hydrogen-bond donors (Lipinski definition) is 1. The van der Waals surface area contributed by atoms with E-state index in [1.807, 2.05) is 25.1 Å². The number of amides is 1. The first kappa shape index (κ1) is 14.1.